The monoisotopic (exact) mass is 425 g/mol. The van der Waals surface area contributed by atoms with Gasteiger partial charge in [0.05, 0.1) is 11.6 Å². The first-order valence-corrected chi connectivity index (χ1v) is 10.7. The molecule has 0 saturated carbocycles. The summed E-state index contributed by atoms with van der Waals surface area (Å²) in [6.07, 6.45) is 2.85. The number of aliphatic carboxylic acids is 1. The zero-order valence-electron chi connectivity index (χ0n) is 20.8. The van der Waals surface area contributed by atoms with Gasteiger partial charge in [-0.25, -0.2) is 4.79 Å². The average Bonchev–Trinajstić information content (AvgIpc) is 2.62. The first kappa shape index (κ1) is 28.1. The Hall–Kier alpha value is -1.89. The molecule has 0 heterocycles. The molecule has 7 heteroatoms. The number of hydrogen-bond acceptors (Lipinski definition) is 4. The van der Waals surface area contributed by atoms with E-state index in [9.17, 15) is 19.5 Å². The summed E-state index contributed by atoms with van der Waals surface area (Å²) in [5.74, 6) is -1.40. The highest BCUT2D eigenvalue weighted by molar-refractivity contribution is 5.93. The predicted octanol–water partition coefficient (Wildman–Crippen LogP) is 3.15. The van der Waals surface area contributed by atoms with Crippen molar-refractivity contribution in [2.75, 3.05) is 21.1 Å². The summed E-state index contributed by atoms with van der Waals surface area (Å²) in [7, 11) is 5.42. The van der Waals surface area contributed by atoms with Crippen LogP contribution in [0.1, 0.15) is 68.2 Å². The van der Waals surface area contributed by atoms with Gasteiger partial charge >= 0.3 is 5.97 Å². The Morgan fingerprint density at radius 2 is 1.50 bits per heavy atom. The first-order chi connectivity index (χ1) is 13.6. The number of hydrogen-bond donors (Lipinski definition) is 2. The van der Waals surface area contributed by atoms with E-state index in [1.54, 1.807) is 18.0 Å². The number of amides is 2. The van der Waals surface area contributed by atoms with E-state index in [2.05, 4.69) is 5.32 Å². The summed E-state index contributed by atoms with van der Waals surface area (Å²) in [4.78, 5) is 41.6. The minimum absolute atomic E-state index is 0.0109. The third kappa shape index (κ3) is 6.56. The molecular weight excluding hydrogens is 382 g/mol. The van der Waals surface area contributed by atoms with Gasteiger partial charge in [0.2, 0.25) is 11.8 Å². The second-order valence-corrected chi connectivity index (χ2v) is 9.74. The maximum absolute atomic E-state index is 13.5. The van der Waals surface area contributed by atoms with E-state index >= 15 is 0 Å². The lowest BCUT2D eigenvalue weighted by Crippen LogP contribution is -2.63. The van der Waals surface area contributed by atoms with Crippen LogP contribution in [0.2, 0.25) is 0 Å². The molecule has 0 aromatic carbocycles. The zero-order valence-corrected chi connectivity index (χ0v) is 20.8. The van der Waals surface area contributed by atoms with Gasteiger partial charge in [0.1, 0.15) is 6.04 Å². The number of rotatable bonds is 10. The molecule has 30 heavy (non-hydrogen) atoms. The molecule has 0 aliphatic heterocycles. The molecule has 0 bridgehead atoms. The Bertz CT molecular complexity index is 643. The van der Waals surface area contributed by atoms with E-state index in [0.717, 1.165) is 0 Å². The average molecular weight is 426 g/mol. The van der Waals surface area contributed by atoms with Gasteiger partial charge in [-0.2, -0.15) is 0 Å². The summed E-state index contributed by atoms with van der Waals surface area (Å²) in [5.41, 5.74) is -1.03. The van der Waals surface area contributed by atoms with Gasteiger partial charge in [-0.1, -0.05) is 54.5 Å². The van der Waals surface area contributed by atoms with Crippen molar-refractivity contribution < 1.29 is 19.5 Å². The van der Waals surface area contributed by atoms with Crippen molar-refractivity contribution in [3.63, 3.8) is 0 Å². The van der Waals surface area contributed by atoms with Gasteiger partial charge in [-0.15, -0.1) is 0 Å². The topological polar surface area (TPSA) is 90.0 Å². The van der Waals surface area contributed by atoms with E-state index in [-0.39, 0.29) is 23.3 Å². The fraction of sp³-hybridized carbons (Fsp3) is 0.783. The number of nitrogens with zero attached hydrogens (tertiary/aromatic N) is 2. The fourth-order valence-electron chi connectivity index (χ4n) is 3.75. The molecule has 0 aliphatic rings. The molecule has 174 valence electrons. The summed E-state index contributed by atoms with van der Waals surface area (Å²) in [6, 6.07) is -1.14. The quantitative estimate of drug-likeness (QED) is 0.525. The third-order valence-corrected chi connectivity index (χ3v) is 6.07. The summed E-state index contributed by atoms with van der Waals surface area (Å²) in [6.45, 7) is 15.1. The Labute approximate surface area is 182 Å². The zero-order chi connectivity index (χ0) is 24.0. The highest BCUT2D eigenvalue weighted by atomic mass is 16.4. The standard InChI is InChI=1S/C23H43N3O4/c1-12-23(13-2,25(9)10)21(30)24-18(22(6,7)8)19(27)26(11)17(15(3)4)14-16(5)20(28)29/h14-15,17-18H,12-13H2,1-11H3,(H,24,30)(H,28,29)/b16-14+/t17-,18-/m1/s1. The van der Waals surface area contributed by atoms with Crippen molar-refractivity contribution in [3.05, 3.63) is 11.6 Å². The number of carbonyl (C=O) groups excluding carboxylic acids is 2. The maximum atomic E-state index is 13.5. The lowest BCUT2D eigenvalue weighted by Gasteiger charge is -2.42. The molecule has 2 N–H and O–H groups in total. The van der Waals surface area contributed by atoms with Gasteiger partial charge in [0, 0.05) is 12.6 Å². The van der Waals surface area contributed by atoms with Crippen LogP contribution in [0.15, 0.2) is 11.6 Å². The Morgan fingerprint density at radius 3 is 1.80 bits per heavy atom. The van der Waals surface area contributed by atoms with E-state index in [4.69, 9.17) is 0 Å². The number of carboxylic acids is 1. The van der Waals surface area contributed by atoms with E-state index in [1.165, 1.54) is 6.92 Å². The van der Waals surface area contributed by atoms with Crippen molar-refractivity contribution in [1.82, 2.24) is 15.1 Å². The second kappa shape index (κ2) is 10.9. The van der Waals surface area contributed by atoms with Crippen LogP contribution in [0.4, 0.5) is 0 Å². The first-order valence-electron chi connectivity index (χ1n) is 10.7. The van der Waals surface area contributed by atoms with Crippen LogP contribution < -0.4 is 5.32 Å². The SMILES string of the molecule is CCC(CC)(C(=O)N[C@H](C(=O)N(C)[C@H](/C=C(\C)C(=O)O)C(C)C)C(C)(C)C)N(C)C. The molecule has 0 radical (unpaired) electrons. The Morgan fingerprint density at radius 1 is 1.03 bits per heavy atom. The molecule has 0 aromatic rings. The van der Waals surface area contributed by atoms with Crippen molar-refractivity contribution in [1.29, 1.82) is 0 Å². The van der Waals surface area contributed by atoms with Gasteiger partial charge in [0.25, 0.3) is 0 Å². The maximum Gasteiger partial charge on any atom is 0.331 e. The number of carbonyl (C=O) groups is 3. The van der Waals surface area contributed by atoms with Crippen molar-refractivity contribution >= 4 is 17.8 Å². The molecule has 0 aromatic heterocycles. The van der Waals surface area contributed by atoms with E-state index in [1.807, 2.05) is 67.5 Å². The molecule has 2 amide bonds. The van der Waals surface area contributed by atoms with Crippen LogP contribution >= 0.6 is 0 Å². The van der Waals surface area contributed by atoms with Crippen molar-refractivity contribution in [2.24, 2.45) is 11.3 Å². The lowest BCUT2D eigenvalue weighted by atomic mass is 9.83. The summed E-state index contributed by atoms with van der Waals surface area (Å²) >= 11 is 0. The predicted molar refractivity (Wildman–Crippen MR) is 121 cm³/mol. The summed E-state index contributed by atoms with van der Waals surface area (Å²) < 4.78 is 0. The minimum atomic E-state index is -1.01. The summed E-state index contributed by atoms with van der Waals surface area (Å²) in [5, 5.41) is 12.3. The van der Waals surface area contributed by atoms with E-state index in [0.29, 0.717) is 12.8 Å². The van der Waals surface area contributed by atoms with Crippen LogP contribution in [0.5, 0.6) is 0 Å². The van der Waals surface area contributed by atoms with Gasteiger partial charge in [-0.3, -0.25) is 14.5 Å². The highest BCUT2D eigenvalue weighted by Gasteiger charge is 2.43. The fourth-order valence-corrected chi connectivity index (χ4v) is 3.75. The molecule has 0 fully saturated rings. The molecular formula is C23H43N3O4. The van der Waals surface area contributed by atoms with Gasteiger partial charge in [-0.05, 0) is 45.2 Å². The highest BCUT2D eigenvalue weighted by Crippen LogP contribution is 2.27. The Balaban J connectivity index is 6.05. The largest absolute Gasteiger partial charge is 0.478 e. The van der Waals surface area contributed by atoms with Gasteiger partial charge < -0.3 is 15.3 Å². The smallest absolute Gasteiger partial charge is 0.331 e. The second-order valence-electron chi connectivity index (χ2n) is 9.74. The lowest BCUT2D eigenvalue weighted by molar-refractivity contribution is -0.143. The van der Waals surface area contributed by atoms with Gasteiger partial charge in [0.15, 0.2) is 0 Å². The van der Waals surface area contributed by atoms with Crippen LogP contribution in [-0.2, 0) is 14.4 Å². The minimum Gasteiger partial charge on any atom is -0.478 e. The molecule has 0 rings (SSSR count). The van der Waals surface area contributed by atoms with Crippen molar-refractivity contribution in [2.45, 2.75) is 85.9 Å². The van der Waals surface area contributed by atoms with Crippen LogP contribution in [0.3, 0.4) is 0 Å². The number of likely N-dealkylation sites (N-methyl/N-ethyl adjacent to an activating group) is 2. The normalized spacial score (nSPS) is 15.2. The number of carboxylic acid groups (broad SMARTS) is 1. The molecule has 0 saturated heterocycles. The molecule has 2 atom stereocenters. The van der Waals surface area contributed by atoms with Crippen molar-refractivity contribution in [3.8, 4) is 0 Å². The van der Waals surface area contributed by atoms with Crippen LogP contribution in [-0.4, -0.2) is 71.5 Å². The van der Waals surface area contributed by atoms with Crippen LogP contribution in [0.25, 0.3) is 0 Å². The van der Waals surface area contributed by atoms with E-state index < -0.39 is 29.0 Å². The Kier molecular flexibility index (Phi) is 10.2. The molecule has 7 nitrogen and oxygen atoms in total. The third-order valence-electron chi connectivity index (χ3n) is 6.07. The molecule has 0 unspecified atom stereocenters. The van der Waals surface area contributed by atoms with Crippen LogP contribution in [0, 0.1) is 11.3 Å². The molecule has 0 aliphatic carbocycles. The number of nitrogens with one attached hydrogen (secondary N) is 1. The molecule has 0 spiro atoms.